The molecule has 2 aromatic carbocycles. The molecule has 25 heavy (non-hydrogen) atoms. The van der Waals surface area contributed by atoms with Gasteiger partial charge in [-0.2, -0.15) is 0 Å². The van der Waals surface area contributed by atoms with Crippen molar-refractivity contribution in [1.82, 2.24) is 10.2 Å². The molecule has 3 rings (SSSR count). The van der Waals surface area contributed by atoms with Crippen LogP contribution in [0, 0.1) is 10.1 Å². The molecule has 1 N–H and O–H groups in total. The Hall–Kier alpha value is -2.55. The van der Waals surface area contributed by atoms with E-state index in [9.17, 15) is 14.9 Å². The molecule has 1 aromatic heterocycles. The number of nitro groups is 1. The lowest BCUT2D eigenvalue weighted by atomic mass is 10.2. The van der Waals surface area contributed by atoms with Crippen LogP contribution in [0.25, 0.3) is 10.6 Å². The average molecular weight is 395 g/mol. The van der Waals surface area contributed by atoms with Crippen molar-refractivity contribution in [3.05, 3.63) is 68.2 Å². The predicted molar refractivity (Wildman–Crippen MR) is 96.4 cm³/mol. The highest BCUT2D eigenvalue weighted by Gasteiger charge is 2.18. The Morgan fingerprint density at radius 3 is 2.60 bits per heavy atom. The number of carbonyl (C=O) groups is 1. The summed E-state index contributed by atoms with van der Waals surface area (Å²) in [6.45, 7) is 0. The molecule has 1 heterocycles. The van der Waals surface area contributed by atoms with E-state index in [1.807, 2.05) is 6.07 Å². The molecule has 0 bridgehead atoms. The van der Waals surface area contributed by atoms with Crippen molar-refractivity contribution in [2.75, 3.05) is 5.32 Å². The summed E-state index contributed by atoms with van der Waals surface area (Å²) in [5.41, 5.74) is 0.443. The van der Waals surface area contributed by atoms with Gasteiger partial charge >= 0.3 is 0 Å². The SMILES string of the molecule is O=C(Nc1nnc(-c2ccccc2Cl)s1)c1ccc(Cl)c([N+](=O)[O-])c1. The van der Waals surface area contributed by atoms with Crippen LogP contribution in [0.4, 0.5) is 10.8 Å². The number of benzene rings is 2. The molecular weight excluding hydrogens is 387 g/mol. The highest BCUT2D eigenvalue weighted by Crippen LogP contribution is 2.32. The van der Waals surface area contributed by atoms with Crippen LogP contribution in [0.2, 0.25) is 10.0 Å². The van der Waals surface area contributed by atoms with Crippen molar-refractivity contribution in [2.24, 2.45) is 0 Å². The molecule has 0 fully saturated rings. The topological polar surface area (TPSA) is 98.0 Å². The molecule has 3 aromatic rings. The lowest BCUT2D eigenvalue weighted by molar-refractivity contribution is -0.384. The zero-order chi connectivity index (χ0) is 18.0. The first kappa shape index (κ1) is 17.3. The molecule has 0 saturated heterocycles. The van der Waals surface area contributed by atoms with Gasteiger partial charge in [0.2, 0.25) is 5.13 Å². The molecule has 0 radical (unpaired) electrons. The number of nitro benzene ring substituents is 1. The van der Waals surface area contributed by atoms with E-state index in [1.54, 1.807) is 18.2 Å². The fraction of sp³-hybridized carbons (Fsp3) is 0. The normalized spacial score (nSPS) is 10.5. The van der Waals surface area contributed by atoms with Gasteiger partial charge in [0.05, 0.1) is 9.95 Å². The number of nitrogens with zero attached hydrogens (tertiary/aromatic N) is 3. The van der Waals surface area contributed by atoms with Crippen LogP contribution in [0.1, 0.15) is 10.4 Å². The highest BCUT2D eigenvalue weighted by molar-refractivity contribution is 7.18. The minimum absolute atomic E-state index is 0.0431. The lowest BCUT2D eigenvalue weighted by Crippen LogP contribution is -2.12. The van der Waals surface area contributed by atoms with Gasteiger partial charge < -0.3 is 0 Å². The van der Waals surface area contributed by atoms with Crippen LogP contribution in [0.15, 0.2) is 42.5 Å². The van der Waals surface area contributed by atoms with Crippen LogP contribution in [-0.2, 0) is 0 Å². The second-order valence-corrected chi connectivity index (χ2v) is 6.56. The number of hydrogen-bond acceptors (Lipinski definition) is 6. The fourth-order valence-corrected chi connectivity index (χ4v) is 3.23. The number of aromatic nitrogens is 2. The molecule has 1 amide bonds. The molecule has 0 unspecified atom stereocenters. The van der Waals surface area contributed by atoms with Crippen molar-refractivity contribution in [2.45, 2.75) is 0 Å². The summed E-state index contributed by atoms with van der Waals surface area (Å²) in [5, 5.41) is 22.6. The number of nitrogens with one attached hydrogen (secondary N) is 1. The van der Waals surface area contributed by atoms with Gasteiger partial charge in [-0.3, -0.25) is 20.2 Å². The molecule has 126 valence electrons. The Morgan fingerprint density at radius 2 is 1.88 bits per heavy atom. The highest BCUT2D eigenvalue weighted by atomic mass is 35.5. The monoisotopic (exact) mass is 394 g/mol. The minimum atomic E-state index is -0.653. The van der Waals surface area contributed by atoms with Crippen LogP contribution >= 0.6 is 34.5 Å². The van der Waals surface area contributed by atoms with Crippen molar-refractivity contribution in [3.63, 3.8) is 0 Å². The van der Waals surface area contributed by atoms with Crippen molar-refractivity contribution in [1.29, 1.82) is 0 Å². The first-order valence-corrected chi connectivity index (χ1v) is 8.36. The number of carbonyl (C=O) groups excluding carboxylic acids is 1. The van der Waals surface area contributed by atoms with Gasteiger partial charge in [-0.05, 0) is 18.2 Å². The first-order chi connectivity index (χ1) is 12.0. The number of rotatable bonds is 4. The summed E-state index contributed by atoms with van der Waals surface area (Å²) in [6, 6.07) is 10.9. The summed E-state index contributed by atoms with van der Waals surface area (Å²) in [7, 11) is 0. The zero-order valence-corrected chi connectivity index (χ0v) is 14.6. The third-order valence-corrected chi connectivity index (χ3v) is 4.68. The van der Waals surface area contributed by atoms with Gasteiger partial charge in [0.1, 0.15) is 5.02 Å². The van der Waals surface area contributed by atoms with Gasteiger partial charge in [0.15, 0.2) is 5.01 Å². The second kappa shape index (κ2) is 7.14. The second-order valence-electron chi connectivity index (χ2n) is 4.77. The van der Waals surface area contributed by atoms with E-state index in [2.05, 4.69) is 15.5 Å². The van der Waals surface area contributed by atoms with E-state index in [0.717, 1.165) is 17.4 Å². The van der Waals surface area contributed by atoms with E-state index >= 15 is 0 Å². The van der Waals surface area contributed by atoms with Gasteiger partial charge in [0.25, 0.3) is 11.6 Å². The first-order valence-electron chi connectivity index (χ1n) is 6.79. The predicted octanol–water partition coefficient (Wildman–Crippen LogP) is 4.67. The van der Waals surface area contributed by atoms with Gasteiger partial charge in [-0.1, -0.05) is 52.7 Å². The van der Waals surface area contributed by atoms with E-state index in [1.165, 1.54) is 12.1 Å². The number of hydrogen-bond donors (Lipinski definition) is 1. The molecule has 0 spiro atoms. The minimum Gasteiger partial charge on any atom is -0.296 e. The van der Waals surface area contributed by atoms with Crippen LogP contribution < -0.4 is 5.32 Å². The molecule has 10 heteroatoms. The summed E-state index contributed by atoms with van der Waals surface area (Å²) >= 11 is 13.0. The van der Waals surface area contributed by atoms with Crippen molar-refractivity contribution >= 4 is 51.3 Å². The van der Waals surface area contributed by atoms with E-state index in [4.69, 9.17) is 23.2 Å². The summed E-state index contributed by atoms with van der Waals surface area (Å²) in [6.07, 6.45) is 0. The number of anilines is 1. The maximum absolute atomic E-state index is 12.2. The van der Waals surface area contributed by atoms with Gasteiger partial charge in [-0.25, -0.2) is 0 Å². The average Bonchev–Trinajstić information content (AvgIpc) is 3.03. The quantitative estimate of drug-likeness (QED) is 0.511. The third kappa shape index (κ3) is 3.76. The fourth-order valence-electron chi connectivity index (χ4n) is 1.98. The summed E-state index contributed by atoms with van der Waals surface area (Å²) in [4.78, 5) is 22.5. The molecule has 0 atom stereocenters. The molecule has 0 saturated carbocycles. The zero-order valence-electron chi connectivity index (χ0n) is 12.3. The molecular formula is C15H8Cl2N4O3S. The third-order valence-electron chi connectivity index (χ3n) is 3.15. The Labute approximate surface area is 155 Å². The maximum atomic E-state index is 12.2. The van der Waals surface area contributed by atoms with Gasteiger partial charge in [-0.15, -0.1) is 10.2 Å². The van der Waals surface area contributed by atoms with E-state index in [0.29, 0.717) is 15.6 Å². The van der Waals surface area contributed by atoms with E-state index in [-0.39, 0.29) is 21.4 Å². The Balaban J connectivity index is 1.82. The standard InChI is InChI=1S/C15H8Cl2N4O3S/c16-10-4-2-1-3-9(10)14-19-20-15(25-14)18-13(22)8-5-6-11(17)12(7-8)21(23)24/h1-7H,(H,18,20,22). The van der Waals surface area contributed by atoms with Crippen molar-refractivity contribution < 1.29 is 9.72 Å². The molecule has 7 nitrogen and oxygen atoms in total. The number of halogens is 2. The van der Waals surface area contributed by atoms with Crippen LogP contribution in [-0.4, -0.2) is 21.0 Å². The van der Waals surface area contributed by atoms with Crippen LogP contribution in [0.5, 0.6) is 0 Å². The molecule has 0 aliphatic rings. The smallest absolute Gasteiger partial charge is 0.288 e. The van der Waals surface area contributed by atoms with Gasteiger partial charge in [0, 0.05) is 17.2 Å². The van der Waals surface area contributed by atoms with E-state index < -0.39 is 10.8 Å². The summed E-state index contributed by atoms with van der Waals surface area (Å²) in [5.74, 6) is -0.554. The Kier molecular flexibility index (Phi) is 4.93. The maximum Gasteiger partial charge on any atom is 0.288 e. The Bertz CT molecular complexity index is 977. The van der Waals surface area contributed by atoms with Crippen LogP contribution in [0.3, 0.4) is 0 Å². The molecule has 0 aliphatic carbocycles. The number of amides is 1. The van der Waals surface area contributed by atoms with Crippen molar-refractivity contribution in [3.8, 4) is 10.6 Å². The largest absolute Gasteiger partial charge is 0.296 e. The lowest BCUT2D eigenvalue weighted by Gasteiger charge is -2.02. The summed E-state index contributed by atoms with van der Waals surface area (Å²) < 4.78 is 0. The Morgan fingerprint density at radius 1 is 1.12 bits per heavy atom. The molecule has 0 aliphatic heterocycles.